The number of rotatable bonds is 5. The van der Waals surface area contributed by atoms with Crippen LogP contribution in [0.4, 0.5) is 5.82 Å². The van der Waals surface area contributed by atoms with Crippen LogP contribution in [-0.4, -0.2) is 23.5 Å². The maximum atomic E-state index is 12.6. The average Bonchev–Trinajstić information content (AvgIpc) is 2.32. The molecule has 0 aliphatic rings. The second-order valence-corrected chi connectivity index (χ2v) is 4.12. The van der Waals surface area contributed by atoms with E-state index in [-0.39, 0.29) is 11.6 Å². The number of carbonyl (C=O) groups is 1. The summed E-state index contributed by atoms with van der Waals surface area (Å²) in [6, 6.07) is 1.79. The summed E-state index contributed by atoms with van der Waals surface area (Å²) < 4.78 is 5.43. The summed E-state index contributed by atoms with van der Waals surface area (Å²) in [5, 5.41) is 0. The van der Waals surface area contributed by atoms with Gasteiger partial charge in [-0.05, 0) is 31.4 Å². The summed E-state index contributed by atoms with van der Waals surface area (Å²) in [6.45, 7) is 5.73. The van der Waals surface area contributed by atoms with E-state index < -0.39 is 5.60 Å². The highest BCUT2D eigenvalue weighted by Crippen LogP contribution is 2.28. The van der Waals surface area contributed by atoms with Crippen LogP contribution in [0.5, 0.6) is 0 Å². The minimum absolute atomic E-state index is 0.0758. The summed E-state index contributed by atoms with van der Waals surface area (Å²) in [6.07, 6.45) is 2.84. The molecular formula is C13H20N2O2. The topological polar surface area (TPSA) is 65.2 Å². The number of nitrogens with two attached hydrogens (primary N) is 1. The lowest BCUT2D eigenvalue weighted by atomic mass is 9.86. The van der Waals surface area contributed by atoms with Gasteiger partial charge in [0, 0.05) is 13.3 Å². The van der Waals surface area contributed by atoms with E-state index in [2.05, 4.69) is 4.98 Å². The van der Waals surface area contributed by atoms with Gasteiger partial charge in [-0.15, -0.1) is 0 Å². The molecule has 0 aliphatic heterocycles. The Labute approximate surface area is 102 Å². The second-order valence-electron chi connectivity index (χ2n) is 4.12. The Kier molecular flexibility index (Phi) is 4.23. The first-order valence-corrected chi connectivity index (χ1v) is 5.83. The molecule has 0 radical (unpaired) electrons. The number of hydrogen-bond acceptors (Lipinski definition) is 4. The van der Waals surface area contributed by atoms with Crippen LogP contribution in [0, 0.1) is 6.92 Å². The molecule has 0 fully saturated rings. The molecule has 94 valence electrons. The number of aromatic nitrogens is 1. The number of ether oxygens (including phenoxy) is 1. The van der Waals surface area contributed by atoms with Crippen molar-refractivity contribution in [1.29, 1.82) is 0 Å². The van der Waals surface area contributed by atoms with Crippen LogP contribution in [0.2, 0.25) is 0 Å². The fourth-order valence-electron chi connectivity index (χ4n) is 2.05. The Balaban J connectivity index is 3.28. The Bertz CT molecular complexity index is 383. The van der Waals surface area contributed by atoms with Crippen LogP contribution in [-0.2, 0) is 4.74 Å². The van der Waals surface area contributed by atoms with Crippen molar-refractivity contribution in [2.45, 2.75) is 39.2 Å². The number of hydrogen-bond donors (Lipinski definition) is 1. The molecule has 0 aromatic carbocycles. The van der Waals surface area contributed by atoms with Crippen molar-refractivity contribution in [2.24, 2.45) is 0 Å². The van der Waals surface area contributed by atoms with Crippen molar-refractivity contribution in [3.63, 3.8) is 0 Å². The highest BCUT2D eigenvalue weighted by Gasteiger charge is 2.37. The molecule has 1 aromatic rings. The van der Waals surface area contributed by atoms with Crippen molar-refractivity contribution in [3.05, 3.63) is 23.4 Å². The lowest BCUT2D eigenvalue weighted by Gasteiger charge is -2.29. The van der Waals surface area contributed by atoms with E-state index >= 15 is 0 Å². The van der Waals surface area contributed by atoms with Crippen LogP contribution in [0.3, 0.4) is 0 Å². The Morgan fingerprint density at radius 1 is 1.47 bits per heavy atom. The molecule has 4 nitrogen and oxygen atoms in total. The largest absolute Gasteiger partial charge is 0.383 e. The van der Waals surface area contributed by atoms with Gasteiger partial charge >= 0.3 is 0 Å². The standard InChI is InChI=1S/C13H20N2O2/c1-5-13(6-2,17-4)11(16)10-9(3)7-8-15-12(10)14/h7-8H,5-6H2,1-4H3,(H2,14,15). The van der Waals surface area contributed by atoms with E-state index in [4.69, 9.17) is 10.5 Å². The molecule has 0 aliphatic carbocycles. The van der Waals surface area contributed by atoms with E-state index in [0.717, 1.165) is 5.56 Å². The third-order valence-electron chi connectivity index (χ3n) is 3.36. The summed E-state index contributed by atoms with van der Waals surface area (Å²) >= 11 is 0. The molecular weight excluding hydrogens is 216 g/mol. The van der Waals surface area contributed by atoms with E-state index in [0.29, 0.717) is 18.4 Å². The van der Waals surface area contributed by atoms with Gasteiger partial charge in [0.25, 0.3) is 0 Å². The molecule has 1 heterocycles. The number of Topliss-reactive ketones (excluding diaryl/α,β-unsaturated/α-hetero) is 1. The van der Waals surface area contributed by atoms with Crippen LogP contribution < -0.4 is 5.73 Å². The SMILES string of the molecule is CCC(CC)(OC)C(=O)c1c(C)ccnc1N. The van der Waals surface area contributed by atoms with E-state index in [1.54, 1.807) is 19.4 Å². The molecule has 0 saturated heterocycles. The predicted octanol–water partition coefficient (Wildman–Crippen LogP) is 2.36. The Morgan fingerprint density at radius 2 is 2.06 bits per heavy atom. The van der Waals surface area contributed by atoms with E-state index in [1.165, 1.54) is 0 Å². The number of ketones is 1. The molecule has 2 N–H and O–H groups in total. The molecule has 0 saturated carbocycles. The smallest absolute Gasteiger partial charge is 0.198 e. The molecule has 17 heavy (non-hydrogen) atoms. The molecule has 0 atom stereocenters. The molecule has 0 spiro atoms. The number of nitrogens with zero attached hydrogens (tertiary/aromatic N) is 1. The number of methoxy groups -OCH3 is 1. The third-order valence-corrected chi connectivity index (χ3v) is 3.36. The summed E-state index contributed by atoms with van der Waals surface area (Å²) in [5.41, 5.74) is 6.33. The van der Waals surface area contributed by atoms with Gasteiger partial charge in [0.15, 0.2) is 5.78 Å². The number of nitrogen functional groups attached to an aromatic ring is 1. The molecule has 4 heteroatoms. The maximum absolute atomic E-state index is 12.6. The molecule has 1 rings (SSSR count). The van der Waals surface area contributed by atoms with E-state index in [9.17, 15) is 4.79 Å². The highest BCUT2D eigenvalue weighted by atomic mass is 16.5. The summed E-state index contributed by atoms with van der Waals surface area (Å²) in [4.78, 5) is 16.5. The lowest BCUT2D eigenvalue weighted by Crippen LogP contribution is -2.40. The van der Waals surface area contributed by atoms with Gasteiger partial charge < -0.3 is 10.5 Å². The van der Waals surface area contributed by atoms with Crippen molar-refractivity contribution in [1.82, 2.24) is 4.98 Å². The zero-order valence-electron chi connectivity index (χ0n) is 10.9. The van der Waals surface area contributed by atoms with Crippen LogP contribution in [0.15, 0.2) is 12.3 Å². The van der Waals surface area contributed by atoms with Crippen molar-refractivity contribution in [2.75, 3.05) is 12.8 Å². The van der Waals surface area contributed by atoms with Gasteiger partial charge in [0.1, 0.15) is 11.4 Å². The van der Waals surface area contributed by atoms with Crippen molar-refractivity contribution in [3.8, 4) is 0 Å². The normalized spacial score (nSPS) is 11.5. The van der Waals surface area contributed by atoms with Gasteiger partial charge in [-0.1, -0.05) is 13.8 Å². The molecule has 1 aromatic heterocycles. The first-order chi connectivity index (χ1) is 8.02. The van der Waals surface area contributed by atoms with Gasteiger partial charge in [0.2, 0.25) is 0 Å². The quantitative estimate of drug-likeness (QED) is 0.797. The minimum atomic E-state index is -0.790. The fraction of sp³-hybridized carbons (Fsp3) is 0.538. The first kappa shape index (κ1) is 13.6. The van der Waals surface area contributed by atoms with Crippen LogP contribution >= 0.6 is 0 Å². The zero-order valence-corrected chi connectivity index (χ0v) is 10.9. The Hall–Kier alpha value is -1.42. The number of anilines is 1. The van der Waals surface area contributed by atoms with Crippen LogP contribution in [0.25, 0.3) is 0 Å². The maximum Gasteiger partial charge on any atom is 0.198 e. The molecule has 0 unspecified atom stereocenters. The first-order valence-electron chi connectivity index (χ1n) is 5.83. The van der Waals surface area contributed by atoms with Gasteiger partial charge in [-0.25, -0.2) is 4.98 Å². The van der Waals surface area contributed by atoms with Crippen molar-refractivity contribution < 1.29 is 9.53 Å². The minimum Gasteiger partial charge on any atom is -0.383 e. The van der Waals surface area contributed by atoms with Gasteiger partial charge in [-0.3, -0.25) is 4.79 Å². The lowest BCUT2D eigenvalue weighted by molar-refractivity contribution is -0.00261. The van der Waals surface area contributed by atoms with Crippen LogP contribution in [0.1, 0.15) is 42.6 Å². The zero-order chi connectivity index (χ0) is 13.1. The average molecular weight is 236 g/mol. The predicted molar refractivity (Wildman–Crippen MR) is 68.0 cm³/mol. The number of pyridine rings is 1. The molecule has 0 amide bonds. The van der Waals surface area contributed by atoms with Gasteiger partial charge in [0.05, 0.1) is 5.56 Å². The number of carbonyl (C=O) groups excluding carboxylic acids is 1. The second kappa shape index (κ2) is 5.27. The number of aryl methyl sites for hydroxylation is 1. The fourth-order valence-corrected chi connectivity index (χ4v) is 2.05. The van der Waals surface area contributed by atoms with Crippen molar-refractivity contribution >= 4 is 11.6 Å². The van der Waals surface area contributed by atoms with E-state index in [1.807, 2.05) is 20.8 Å². The Morgan fingerprint density at radius 3 is 2.47 bits per heavy atom. The summed E-state index contributed by atoms with van der Waals surface area (Å²) in [7, 11) is 1.56. The monoisotopic (exact) mass is 236 g/mol. The third kappa shape index (κ3) is 2.31. The highest BCUT2D eigenvalue weighted by molar-refractivity contribution is 6.06. The summed E-state index contributed by atoms with van der Waals surface area (Å²) in [5.74, 6) is 0.200. The van der Waals surface area contributed by atoms with Gasteiger partial charge in [-0.2, -0.15) is 0 Å². The molecule has 0 bridgehead atoms.